The molecule has 2 aromatic heterocycles. The predicted molar refractivity (Wildman–Crippen MR) is 92.9 cm³/mol. The molecule has 2 aliphatic heterocycles. The monoisotopic (exact) mass is 345 g/mol. The van der Waals surface area contributed by atoms with Gasteiger partial charge in [-0.15, -0.1) is 11.3 Å². The number of hydrogen-bond acceptors (Lipinski definition) is 5. The first-order valence-corrected chi connectivity index (χ1v) is 9.55. The Morgan fingerprint density at radius 2 is 2.38 bits per heavy atom. The Bertz CT molecular complexity index is 711. The number of hydrogen-bond donors (Lipinski definition) is 1. The van der Waals surface area contributed by atoms with Gasteiger partial charge in [0.25, 0.3) is 0 Å². The molecule has 24 heavy (non-hydrogen) atoms. The number of aromatic nitrogens is 3. The van der Waals surface area contributed by atoms with Gasteiger partial charge in [0.05, 0.1) is 19.1 Å². The van der Waals surface area contributed by atoms with Crippen LogP contribution in [0.15, 0.2) is 17.5 Å². The second-order valence-corrected chi connectivity index (χ2v) is 7.61. The number of thiophene rings is 1. The Labute approximate surface area is 145 Å². The maximum atomic E-state index is 12.7. The summed E-state index contributed by atoms with van der Waals surface area (Å²) in [5, 5.41) is 9.95. The van der Waals surface area contributed by atoms with E-state index >= 15 is 0 Å². The van der Waals surface area contributed by atoms with Crippen LogP contribution in [-0.4, -0.2) is 44.7 Å². The van der Waals surface area contributed by atoms with Crippen LogP contribution in [0.3, 0.4) is 0 Å². The van der Waals surface area contributed by atoms with Crippen LogP contribution in [0.5, 0.6) is 0 Å². The van der Waals surface area contributed by atoms with Crippen molar-refractivity contribution >= 4 is 17.2 Å². The lowest BCUT2D eigenvalue weighted by Crippen LogP contribution is -2.44. The number of rotatable bonds is 4. The molecular formula is C17H23N5OS. The van der Waals surface area contributed by atoms with Gasteiger partial charge in [-0.05, 0) is 37.6 Å². The summed E-state index contributed by atoms with van der Waals surface area (Å²) in [6, 6.07) is 4.78. The molecule has 0 spiro atoms. The minimum Gasteiger partial charge on any atom is -0.334 e. The molecule has 0 saturated carbocycles. The number of amides is 1. The fourth-order valence-corrected chi connectivity index (χ4v) is 4.65. The third-order valence-corrected chi connectivity index (χ3v) is 5.92. The van der Waals surface area contributed by atoms with Crippen LogP contribution < -0.4 is 5.32 Å². The average Bonchev–Trinajstić information content (AvgIpc) is 3.30. The number of carbonyl (C=O) groups is 1. The highest BCUT2D eigenvalue weighted by Crippen LogP contribution is 2.34. The van der Waals surface area contributed by atoms with Gasteiger partial charge >= 0.3 is 0 Å². The molecule has 2 atom stereocenters. The van der Waals surface area contributed by atoms with Crippen molar-refractivity contribution < 1.29 is 4.79 Å². The zero-order valence-corrected chi connectivity index (χ0v) is 14.8. The van der Waals surface area contributed by atoms with Crippen molar-refractivity contribution in [1.29, 1.82) is 0 Å². The summed E-state index contributed by atoms with van der Waals surface area (Å²) in [7, 11) is 0. The first kappa shape index (κ1) is 15.8. The zero-order valence-electron chi connectivity index (χ0n) is 13.9. The van der Waals surface area contributed by atoms with Crippen LogP contribution in [0.1, 0.15) is 41.8 Å². The van der Waals surface area contributed by atoms with E-state index in [-0.39, 0.29) is 11.9 Å². The van der Waals surface area contributed by atoms with E-state index in [0.29, 0.717) is 12.6 Å². The second-order valence-electron chi connectivity index (χ2n) is 6.63. The Morgan fingerprint density at radius 1 is 1.46 bits per heavy atom. The molecule has 2 aromatic rings. The minimum atomic E-state index is 0.214. The fourth-order valence-electron chi connectivity index (χ4n) is 3.78. The minimum absolute atomic E-state index is 0.214. The van der Waals surface area contributed by atoms with Gasteiger partial charge in [0.1, 0.15) is 11.6 Å². The molecule has 0 aromatic carbocycles. The molecule has 4 rings (SSSR count). The molecule has 1 N–H and O–H groups in total. The highest BCUT2D eigenvalue weighted by molar-refractivity contribution is 7.10. The van der Waals surface area contributed by atoms with Gasteiger partial charge in [-0.3, -0.25) is 4.79 Å². The van der Waals surface area contributed by atoms with Crippen LogP contribution in [0.2, 0.25) is 0 Å². The van der Waals surface area contributed by atoms with E-state index in [4.69, 9.17) is 0 Å². The van der Waals surface area contributed by atoms with Crippen molar-refractivity contribution in [2.24, 2.45) is 0 Å². The molecule has 0 bridgehead atoms. The molecule has 1 fully saturated rings. The molecule has 0 radical (unpaired) electrons. The van der Waals surface area contributed by atoms with E-state index < -0.39 is 0 Å². The van der Waals surface area contributed by atoms with Crippen LogP contribution in [0, 0.1) is 6.92 Å². The number of fused-ring (bicyclic) bond motifs is 1. The standard InChI is InChI=1S/C17H23N5OS/c1-12-19-16-7-6-13(11-22(16)20-12)18-10-17(23)21-8-2-4-14(21)15-5-3-9-24-15/h3,5,9,13-14,18H,2,4,6-8,10-11H2,1H3. The lowest BCUT2D eigenvalue weighted by atomic mass is 10.1. The van der Waals surface area contributed by atoms with Crippen LogP contribution in [0.4, 0.5) is 0 Å². The summed E-state index contributed by atoms with van der Waals surface area (Å²) < 4.78 is 1.98. The topological polar surface area (TPSA) is 63.1 Å². The van der Waals surface area contributed by atoms with E-state index in [0.717, 1.165) is 50.4 Å². The van der Waals surface area contributed by atoms with Gasteiger partial charge in [-0.25, -0.2) is 9.67 Å². The van der Waals surface area contributed by atoms with Crippen LogP contribution in [-0.2, 0) is 17.8 Å². The van der Waals surface area contributed by atoms with Crippen LogP contribution >= 0.6 is 11.3 Å². The highest BCUT2D eigenvalue weighted by atomic mass is 32.1. The first-order chi connectivity index (χ1) is 11.7. The quantitative estimate of drug-likeness (QED) is 0.919. The summed E-state index contributed by atoms with van der Waals surface area (Å²) >= 11 is 1.75. The lowest BCUT2D eigenvalue weighted by Gasteiger charge is -2.27. The van der Waals surface area contributed by atoms with Gasteiger partial charge in [-0.1, -0.05) is 6.07 Å². The molecule has 4 heterocycles. The summed E-state index contributed by atoms with van der Waals surface area (Å²) in [6.45, 7) is 4.02. The maximum absolute atomic E-state index is 12.7. The van der Waals surface area contributed by atoms with E-state index in [2.05, 4.69) is 32.9 Å². The van der Waals surface area contributed by atoms with Crippen molar-refractivity contribution in [3.63, 3.8) is 0 Å². The molecule has 128 valence electrons. The van der Waals surface area contributed by atoms with E-state index in [1.807, 2.05) is 16.5 Å². The predicted octanol–water partition coefficient (Wildman–Crippen LogP) is 1.92. The number of nitrogens with zero attached hydrogens (tertiary/aromatic N) is 4. The van der Waals surface area contributed by atoms with Crippen molar-refractivity contribution in [3.8, 4) is 0 Å². The molecule has 2 unspecified atom stereocenters. The molecule has 7 heteroatoms. The van der Waals surface area contributed by atoms with E-state index in [1.54, 1.807) is 11.3 Å². The smallest absolute Gasteiger partial charge is 0.237 e. The summed E-state index contributed by atoms with van der Waals surface area (Å²) in [5.74, 6) is 2.11. The van der Waals surface area contributed by atoms with E-state index in [9.17, 15) is 4.79 Å². The van der Waals surface area contributed by atoms with Crippen molar-refractivity contribution in [2.45, 2.75) is 51.2 Å². The van der Waals surface area contributed by atoms with Gasteiger partial charge in [-0.2, -0.15) is 5.10 Å². The first-order valence-electron chi connectivity index (χ1n) is 8.67. The van der Waals surface area contributed by atoms with Crippen molar-refractivity contribution in [3.05, 3.63) is 34.0 Å². The zero-order chi connectivity index (χ0) is 16.5. The molecule has 0 aliphatic carbocycles. The summed E-state index contributed by atoms with van der Waals surface area (Å²) in [4.78, 5) is 20.5. The molecule has 1 amide bonds. The van der Waals surface area contributed by atoms with Gasteiger partial charge < -0.3 is 10.2 Å². The third-order valence-electron chi connectivity index (χ3n) is 4.95. The number of carbonyl (C=O) groups excluding carboxylic acids is 1. The Morgan fingerprint density at radius 3 is 3.21 bits per heavy atom. The number of nitrogens with one attached hydrogen (secondary N) is 1. The summed E-state index contributed by atoms with van der Waals surface area (Å²) in [6.07, 6.45) is 4.12. The van der Waals surface area contributed by atoms with Crippen molar-refractivity contribution in [1.82, 2.24) is 25.0 Å². The average molecular weight is 345 g/mol. The van der Waals surface area contributed by atoms with Gasteiger partial charge in [0.2, 0.25) is 5.91 Å². The third kappa shape index (κ3) is 3.10. The second kappa shape index (κ2) is 6.64. The number of aryl methyl sites for hydroxylation is 2. The van der Waals surface area contributed by atoms with Crippen molar-refractivity contribution in [2.75, 3.05) is 13.1 Å². The maximum Gasteiger partial charge on any atom is 0.237 e. The Balaban J connectivity index is 1.34. The van der Waals surface area contributed by atoms with Crippen LogP contribution in [0.25, 0.3) is 0 Å². The normalized spacial score (nSPS) is 23.5. The molecular weight excluding hydrogens is 322 g/mol. The Kier molecular flexibility index (Phi) is 4.37. The summed E-state index contributed by atoms with van der Waals surface area (Å²) in [5.41, 5.74) is 0. The van der Waals surface area contributed by atoms with Gasteiger partial charge in [0, 0.05) is 23.9 Å². The molecule has 1 saturated heterocycles. The SMILES string of the molecule is Cc1nc2n(n1)CC(NCC(=O)N1CCCC1c1cccs1)CC2. The fraction of sp³-hybridized carbons (Fsp3) is 0.588. The number of likely N-dealkylation sites (tertiary alicyclic amines) is 1. The largest absolute Gasteiger partial charge is 0.334 e. The highest BCUT2D eigenvalue weighted by Gasteiger charge is 2.31. The van der Waals surface area contributed by atoms with E-state index in [1.165, 1.54) is 4.88 Å². The molecule has 6 nitrogen and oxygen atoms in total. The lowest BCUT2D eigenvalue weighted by molar-refractivity contribution is -0.131. The van der Waals surface area contributed by atoms with Gasteiger partial charge in [0.15, 0.2) is 0 Å². The molecule has 2 aliphatic rings. The Hall–Kier alpha value is -1.73.